The minimum absolute atomic E-state index is 0.0302. The molecule has 8 heteroatoms. The minimum Gasteiger partial charge on any atom is -0.481 e. The van der Waals surface area contributed by atoms with Gasteiger partial charge in [-0.3, -0.25) is 4.79 Å². The molecule has 18 heavy (non-hydrogen) atoms. The van der Waals surface area contributed by atoms with Crippen molar-refractivity contribution in [3.8, 4) is 0 Å². The quantitative estimate of drug-likeness (QED) is 0.730. The van der Waals surface area contributed by atoms with Crippen molar-refractivity contribution in [2.45, 2.75) is 17.2 Å². The number of thioether (sulfide) groups is 1. The molecule has 0 aromatic carbocycles. The third-order valence-corrected chi connectivity index (χ3v) is 4.63. The molecule has 0 spiro atoms. The van der Waals surface area contributed by atoms with E-state index < -0.39 is 5.97 Å². The lowest BCUT2D eigenvalue weighted by Crippen LogP contribution is -2.25. The van der Waals surface area contributed by atoms with Gasteiger partial charge in [0.2, 0.25) is 5.13 Å². The number of anilines is 1. The fraction of sp³-hybridized carbons (Fsp3) is 0.700. The van der Waals surface area contributed by atoms with E-state index >= 15 is 0 Å². The molecule has 2 heterocycles. The average Bonchev–Trinajstić information content (AvgIpc) is 2.97. The van der Waals surface area contributed by atoms with Gasteiger partial charge < -0.3 is 15.3 Å². The van der Waals surface area contributed by atoms with Crippen LogP contribution in [0.1, 0.15) is 12.8 Å². The highest BCUT2D eigenvalue weighted by atomic mass is 32.2. The van der Waals surface area contributed by atoms with Gasteiger partial charge in [0.05, 0.1) is 5.75 Å². The second-order valence-corrected chi connectivity index (χ2v) is 6.23. The van der Waals surface area contributed by atoms with Crippen molar-refractivity contribution in [2.24, 2.45) is 0 Å². The van der Waals surface area contributed by atoms with Gasteiger partial charge in [-0.2, -0.15) is 0 Å². The zero-order valence-corrected chi connectivity index (χ0v) is 11.6. The van der Waals surface area contributed by atoms with Crippen LogP contribution >= 0.6 is 23.1 Å². The minimum atomic E-state index is -0.834. The van der Waals surface area contributed by atoms with Crippen LogP contribution in [0.4, 0.5) is 5.13 Å². The summed E-state index contributed by atoms with van der Waals surface area (Å²) in [6, 6.07) is 0. The highest BCUT2D eigenvalue weighted by molar-refractivity contribution is 8.01. The topological polar surface area (TPSA) is 78.3 Å². The summed E-state index contributed by atoms with van der Waals surface area (Å²) >= 11 is 2.61. The molecule has 0 aliphatic carbocycles. The SMILES string of the molecule is O=C(O)CSc1nnc(NCCN2CCCC2)s1. The van der Waals surface area contributed by atoms with Gasteiger partial charge in [-0.1, -0.05) is 23.1 Å². The van der Waals surface area contributed by atoms with Crippen molar-refractivity contribution >= 4 is 34.2 Å². The second-order valence-electron chi connectivity index (χ2n) is 4.03. The van der Waals surface area contributed by atoms with Gasteiger partial charge in [0, 0.05) is 13.1 Å². The molecule has 0 radical (unpaired) electrons. The number of carboxylic acid groups (broad SMARTS) is 1. The van der Waals surface area contributed by atoms with Crippen molar-refractivity contribution < 1.29 is 9.90 Å². The van der Waals surface area contributed by atoms with Crippen molar-refractivity contribution in [1.82, 2.24) is 15.1 Å². The number of hydrogen-bond donors (Lipinski definition) is 2. The van der Waals surface area contributed by atoms with Crippen LogP contribution in [0, 0.1) is 0 Å². The van der Waals surface area contributed by atoms with Gasteiger partial charge in [0.15, 0.2) is 4.34 Å². The van der Waals surface area contributed by atoms with Crippen LogP contribution in [-0.4, -0.2) is 58.1 Å². The molecular formula is C10H16N4O2S2. The van der Waals surface area contributed by atoms with E-state index in [0.717, 1.165) is 18.2 Å². The third-order valence-electron chi connectivity index (χ3n) is 2.63. The first kappa shape index (κ1) is 13.6. The van der Waals surface area contributed by atoms with Crippen LogP contribution in [-0.2, 0) is 4.79 Å². The molecule has 0 atom stereocenters. The monoisotopic (exact) mass is 288 g/mol. The summed E-state index contributed by atoms with van der Waals surface area (Å²) in [5, 5.41) is 20.5. The number of carboxylic acids is 1. The van der Waals surface area contributed by atoms with Crippen molar-refractivity contribution in [1.29, 1.82) is 0 Å². The van der Waals surface area contributed by atoms with Gasteiger partial charge in [-0.15, -0.1) is 10.2 Å². The number of rotatable bonds is 7. The molecule has 1 aromatic rings. The zero-order chi connectivity index (χ0) is 12.8. The molecule has 2 N–H and O–H groups in total. The van der Waals surface area contributed by atoms with E-state index in [-0.39, 0.29) is 5.75 Å². The Bertz CT molecular complexity index is 393. The van der Waals surface area contributed by atoms with Crippen molar-refractivity contribution in [2.75, 3.05) is 37.2 Å². The Morgan fingerprint density at radius 2 is 2.22 bits per heavy atom. The number of aromatic nitrogens is 2. The molecule has 1 aliphatic rings. The number of nitrogens with one attached hydrogen (secondary N) is 1. The van der Waals surface area contributed by atoms with E-state index in [2.05, 4.69) is 20.4 Å². The second kappa shape index (κ2) is 6.91. The number of hydrogen-bond acceptors (Lipinski definition) is 7. The normalized spacial score (nSPS) is 16.0. The zero-order valence-electron chi connectivity index (χ0n) is 9.96. The first-order valence-corrected chi connectivity index (χ1v) is 7.68. The fourth-order valence-electron chi connectivity index (χ4n) is 1.79. The van der Waals surface area contributed by atoms with Crippen LogP contribution in [0.2, 0.25) is 0 Å². The lowest BCUT2D eigenvalue weighted by molar-refractivity contribution is -0.133. The van der Waals surface area contributed by atoms with Crippen LogP contribution < -0.4 is 5.32 Å². The van der Waals surface area contributed by atoms with Crippen molar-refractivity contribution in [3.63, 3.8) is 0 Å². The highest BCUT2D eigenvalue weighted by Gasteiger charge is 2.11. The Labute approximate surface area is 114 Å². The Morgan fingerprint density at radius 1 is 1.44 bits per heavy atom. The van der Waals surface area contributed by atoms with Crippen LogP contribution in [0.5, 0.6) is 0 Å². The summed E-state index contributed by atoms with van der Waals surface area (Å²) in [6.07, 6.45) is 2.60. The van der Waals surface area contributed by atoms with Crippen LogP contribution in [0.25, 0.3) is 0 Å². The number of nitrogens with zero attached hydrogens (tertiary/aromatic N) is 3. The highest BCUT2D eigenvalue weighted by Crippen LogP contribution is 2.25. The summed E-state index contributed by atoms with van der Waals surface area (Å²) in [7, 11) is 0. The third kappa shape index (κ3) is 4.43. The van der Waals surface area contributed by atoms with Gasteiger partial charge in [0.1, 0.15) is 0 Å². The maximum atomic E-state index is 10.4. The molecule has 2 rings (SSSR count). The summed E-state index contributed by atoms with van der Waals surface area (Å²) in [6.45, 7) is 4.27. The molecule has 0 bridgehead atoms. The molecule has 0 unspecified atom stereocenters. The van der Waals surface area contributed by atoms with Gasteiger partial charge in [-0.05, 0) is 25.9 Å². The molecule has 100 valence electrons. The van der Waals surface area contributed by atoms with Gasteiger partial charge >= 0.3 is 5.97 Å². The molecule has 1 saturated heterocycles. The first-order chi connectivity index (χ1) is 8.74. The Morgan fingerprint density at radius 3 is 2.94 bits per heavy atom. The molecule has 0 saturated carbocycles. The Balaban J connectivity index is 1.67. The van der Waals surface area contributed by atoms with E-state index in [9.17, 15) is 4.79 Å². The van der Waals surface area contributed by atoms with E-state index in [0.29, 0.717) is 4.34 Å². The van der Waals surface area contributed by atoms with Gasteiger partial charge in [-0.25, -0.2) is 0 Å². The number of carbonyl (C=O) groups is 1. The predicted molar refractivity (Wildman–Crippen MR) is 72.4 cm³/mol. The van der Waals surface area contributed by atoms with Crippen LogP contribution in [0.3, 0.4) is 0 Å². The number of aliphatic carboxylic acids is 1. The lowest BCUT2D eigenvalue weighted by Gasteiger charge is -2.13. The first-order valence-electron chi connectivity index (χ1n) is 5.88. The van der Waals surface area contributed by atoms with E-state index in [4.69, 9.17) is 5.11 Å². The summed E-state index contributed by atoms with van der Waals surface area (Å²) in [4.78, 5) is 12.8. The molecule has 6 nitrogen and oxygen atoms in total. The summed E-state index contributed by atoms with van der Waals surface area (Å²) in [5.74, 6) is -0.804. The molecule has 1 aromatic heterocycles. The Hall–Kier alpha value is -0.860. The van der Waals surface area contributed by atoms with Crippen molar-refractivity contribution in [3.05, 3.63) is 0 Å². The van der Waals surface area contributed by atoms with E-state index in [1.165, 1.54) is 49.0 Å². The maximum absolute atomic E-state index is 10.4. The largest absolute Gasteiger partial charge is 0.481 e. The maximum Gasteiger partial charge on any atom is 0.313 e. The van der Waals surface area contributed by atoms with Gasteiger partial charge in [0.25, 0.3) is 0 Å². The van der Waals surface area contributed by atoms with E-state index in [1.54, 1.807) is 0 Å². The molecule has 1 aliphatic heterocycles. The summed E-state index contributed by atoms with van der Waals surface area (Å²) in [5.41, 5.74) is 0. The molecule has 1 fully saturated rings. The Kier molecular flexibility index (Phi) is 5.21. The standard InChI is InChI=1S/C10H16N4O2S2/c15-8(16)7-17-10-13-12-9(18-10)11-3-6-14-4-1-2-5-14/h1-7H2,(H,11,12)(H,15,16). The lowest BCUT2D eigenvalue weighted by atomic mass is 10.4. The molecule has 0 amide bonds. The predicted octanol–water partition coefficient (Wildman–Crippen LogP) is 1.22. The fourth-order valence-corrected chi connectivity index (χ4v) is 3.29. The van der Waals surface area contributed by atoms with E-state index in [1.807, 2.05) is 0 Å². The number of likely N-dealkylation sites (tertiary alicyclic amines) is 1. The average molecular weight is 288 g/mol. The summed E-state index contributed by atoms with van der Waals surface area (Å²) < 4.78 is 0.695. The van der Waals surface area contributed by atoms with Crippen LogP contribution in [0.15, 0.2) is 4.34 Å². The smallest absolute Gasteiger partial charge is 0.313 e. The molecular weight excluding hydrogens is 272 g/mol.